The first kappa shape index (κ1) is 17.4. The average Bonchev–Trinajstić information content (AvgIpc) is 3.26. The molecule has 132 valence electrons. The van der Waals surface area contributed by atoms with Crippen LogP contribution in [0.4, 0.5) is 5.13 Å². The van der Waals surface area contributed by atoms with Crippen LogP contribution in [0.1, 0.15) is 17.0 Å². The summed E-state index contributed by atoms with van der Waals surface area (Å²) in [7, 11) is 5.83. The number of carbonyl (C=O) groups is 1. The third-order valence-electron chi connectivity index (χ3n) is 3.85. The summed E-state index contributed by atoms with van der Waals surface area (Å²) in [6, 6.07) is 9.16. The average molecular weight is 360 g/mol. The van der Waals surface area contributed by atoms with Gasteiger partial charge in [-0.2, -0.15) is 0 Å². The normalized spacial score (nSPS) is 11.2. The number of fused-ring (bicyclic) bond motifs is 1. The van der Waals surface area contributed by atoms with Crippen molar-refractivity contribution in [3.63, 3.8) is 0 Å². The molecule has 0 aliphatic carbocycles. The molecule has 1 amide bonds. The molecule has 2 heterocycles. The summed E-state index contributed by atoms with van der Waals surface area (Å²) in [5.41, 5.74) is 0.829. The lowest BCUT2D eigenvalue weighted by atomic mass is 10.3. The zero-order chi connectivity index (χ0) is 17.8. The third kappa shape index (κ3) is 4.00. The largest absolute Gasteiger partial charge is 0.497 e. The molecule has 7 heteroatoms. The van der Waals surface area contributed by atoms with E-state index in [2.05, 4.69) is 19.1 Å². The molecule has 3 aromatic rings. The summed E-state index contributed by atoms with van der Waals surface area (Å²) in [5.74, 6) is 0.920. The number of quaternary nitrogens is 1. The second-order valence-electron chi connectivity index (χ2n) is 6.07. The molecule has 0 saturated carbocycles. The molecule has 0 aliphatic rings. The fraction of sp³-hybridized carbons (Fsp3) is 0.333. The summed E-state index contributed by atoms with van der Waals surface area (Å²) >= 11 is 1.50. The predicted octanol–water partition coefficient (Wildman–Crippen LogP) is 2.08. The van der Waals surface area contributed by atoms with E-state index in [0.29, 0.717) is 17.4 Å². The maximum Gasteiger partial charge on any atom is 0.295 e. The Bertz CT molecular complexity index is 843. The lowest BCUT2D eigenvalue weighted by Gasteiger charge is -2.19. The monoisotopic (exact) mass is 360 g/mol. The molecule has 6 nitrogen and oxygen atoms in total. The molecule has 2 aromatic heterocycles. The number of hydrogen-bond acceptors (Lipinski definition) is 5. The van der Waals surface area contributed by atoms with E-state index in [1.54, 1.807) is 24.1 Å². The number of nitrogens with zero attached hydrogens (tertiary/aromatic N) is 2. The van der Waals surface area contributed by atoms with Crippen LogP contribution in [0.2, 0.25) is 0 Å². The number of ether oxygens (including phenoxy) is 1. The Balaban J connectivity index is 1.91. The van der Waals surface area contributed by atoms with Gasteiger partial charge in [-0.1, -0.05) is 11.3 Å². The SMILES string of the molecule is COc1ccc2sc(N(CCC[NH+](C)C)C(=O)c3ccco3)nc2c1. The lowest BCUT2D eigenvalue weighted by Crippen LogP contribution is -3.05. The highest BCUT2D eigenvalue weighted by Crippen LogP contribution is 2.32. The molecule has 0 saturated heterocycles. The van der Waals surface area contributed by atoms with Crippen LogP contribution in [-0.4, -0.2) is 45.2 Å². The molecule has 0 bridgehead atoms. The molecule has 0 spiro atoms. The Morgan fingerprint density at radius 1 is 1.36 bits per heavy atom. The number of carbonyl (C=O) groups excluding carboxylic acids is 1. The minimum absolute atomic E-state index is 0.162. The predicted molar refractivity (Wildman–Crippen MR) is 98.9 cm³/mol. The van der Waals surface area contributed by atoms with E-state index in [4.69, 9.17) is 9.15 Å². The van der Waals surface area contributed by atoms with Gasteiger partial charge in [-0.15, -0.1) is 0 Å². The second-order valence-corrected chi connectivity index (χ2v) is 7.08. The molecule has 25 heavy (non-hydrogen) atoms. The van der Waals surface area contributed by atoms with Crippen molar-refractivity contribution in [3.8, 4) is 5.75 Å². The highest BCUT2D eigenvalue weighted by atomic mass is 32.1. The number of hydrogen-bond donors (Lipinski definition) is 1. The van der Waals surface area contributed by atoms with Crippen molar-refractivity contribution in [1.29, 1.82) is 0 Å². The smallest absolute Gasteiger partial charge is 0.295 e. The number of nitrogens with one attached hydrogen (secondary N) is 1. The van der Waals surface area contributed by atoms with Gasteiger partial charge in [0.05, 0.1) is 44.2 Å². The first-order valence-electron chi connectivity index (χ1n) is 8.17. The van der Waals surface area contributed by atoms with Gasteiger partial charge in [-0.05, 0) is 24.3 Å². The summed E-state index contributed by atoms with van der Waals surface area (Å²) in [6.45, 7) is 1.57. The van der Waals surface area contributed by atoms with Gasteiger partial charge in [0.1, 0.15) is 5.75 Å². The number of anilines is 1. The van der Waals surface area contributed by atoms with Crippen LogP contribution in [0, 0.1) is 0 Å². The Labute approximate surface area is 150 Å². The summed E-state index contributed by atoms with van der Waals surface area (Å²) < 4.78 is 11.6. The van der Waals surface area contributed by atoms with E-state index in [9.17, 15) is 4.79 Å². The highest BCUT2D eigenvalue weighted by molar-refractivity contribution is 7.22. The minimum Gasteiger partial charge on any atom is -0.497 e. The van der Waals surface area contributed by atoms with Crippen molar-refractivity contribution in [2.24, 2.45) is 0 Å². The van der Waals surface area contributed by atoms with Gasteiger partial charge in [0.15, 0.2) is 10.9 Å². The number of amides is 1. The second kappa shape index (κ2) is 7.67. The van der Waals surface area contributed by atoms with E-state index < -0.39 is 0 Å². The van der Waals surface area contributed by atoms with E-state index in [1.807, 2.05) is 18.2 Å². The van der Waals surface area contributed by atoms with Crippen molar-refractivity contribution in [2.45, 2.75) is 6.42 Å². The molecule has 1 N–H and O–H groups in total. The molecule has 0 aliphatic heterocycles. The quantitative estimate of drug-likeness (QED) is 0.701. The molecule has 0 atom stereocenters. The van der Waals surface area contributed by atoms with Crippen LogP contribution in [0.15, 0.2) is 41.0 Å². The minimum atomic E-state index is -0.162. The molecular weight excluding hydrogens is 338 g/mol. The third-order valence-corrected chi connectivity index (χ3v) is 4.91. The number of rotatable bonds is 7. The van der Waals surface area contributed by atoms with Gasteiger partial charge < -0.3 is 14.1 Å². The molecule has 1 aromatic carbocycles. The van der Waals surface area contributed by atoms with Crippen LogP contribution in [-0.2, 0) is 0 Å². The van der Waals surface area contributed by atoms with Crippen molar-refractivity contribution in [2.75, 3.05) is 39.2 Å². The van der Waals surface area contributed by atoms with Gasteiger partial charge in [0.2, 0.25) is 0 Å². The molecule has 3 rings (SSSR count). The Kier molecular flexibility index (Phi) is 5.35. The van der Waals surface area contributed by atoms with Crippen LogP contribution in [0.25, 0.3) is 10.2 Å². The standard InChI is InChI=1S/C18H21N3O3S/c1-20(2)9-5-10-21(17(22)15-6-4-11-24-15)18-19-14-12-13(23-3)7-8-16(14)25-18/h4,6-8,11-12H,5,9-10H2,1-3H3/p+1. The lowest BCUT2D eigenvalue weighted by molar-refractivity contribution is -0.858. The van der Waals surface area contributed by atoms with Gasteiger partial charge in [0.25, 0.3) is 5.91 Å². The zero-order valence-electron chi connectivity index (χ0n) is 14.6. The maximum atomic E-state index is 12.8. The van der Waals surface area contributed by atoms with Crippen molar-refractivity contribution < 1.29 is 18.8 Å². The first-order chi connectivity index (χ1) is 12.1. The Hall–Kier alpha value is -2.38. The molecule has 0 fully saturated rings. The van der Waals surface area contributed by atoms with Crippen molar-refractivity contribution in [3.05, 3.63) is 42.4 Å². The maximum absolute atomic E-state index is 12.8. The summed E-state index contributed by atoms with van der Waals surface area (Å²) in [5, 5.41) is 0.679. The van der Waals surface area contributed by atoms with Gasteiger partial charge in [0, 0.05) is 19.0 Å². The summed E-state index contributed by atoms with van der Waals surface area (Å²) in [4.78, 5) is 20.5. The topological polar surface area (TPSA) is 60.0 Å². The number of methoxy groups -OCH3 is 1. The number of thiazole rings is 1. The summed E-state index contributed by atoms with van der Waals surface area (Å²) in [6.07, 6.45) is 2.40. The Morgan fingerprint density at radius 3 is 2.88 bits per heavy atom. The van der Waals surface area contributed by atoms with Gasteiger partial charge in [-0.3, -0.25) is 9.69 Å². The van der Waals surface area contributed by atoms with Crippen LogP contribution in [0.3, 0.4) is 0 Å². The van der Waals surface area contributed by atoms with Crippen LogP contribution in [0.5, 0.6) is 5.75 Å². The van der Waals surface area contributed by atoms with Crippen LogP contribution >= 0.6 is 11.3 Å². The molecule has 0 radical (unpaired) electrons. The van der Waals surface area contributed by atoms with Gasteiger partial charge >= 0.3 is 0 Å². The van der Waals surface area contributed by atoms with E-state index in [-0.39, 0.29) is 5.91 Å². The molecular formula is C18H22N3O3S+. The van der Waals surface area contributed by atoms with Crippen molar-refractivity contribution >= 4 is 32.6 Å². The first-order valence-corrected chi connectivity index (χ1v) is 8.99. The fourth-order valence-electron chi connectivity index (χ4n) is 2.55. The van der Waals surface area contributed by atoms with E-state index in [0.717, 1.165) is 28.9 Å². The van der Waals surface area contributed by atoms with Crippen molar-refractivity contribution in [1.82, 2.24) is 4.98 Å². The number of furan rings is 1. The Morgan fingerprint density at radius 2 is 2.20 bits per heavy atom. The zero-order valence-corrected chi connectivity index (χ0v) is 15.4. The van der Waals surface area contributed by atoms with E-state index >= 15 is 0 Å². The number of benzene rings is 1. The van der Waals surface area contributed by atoms with Crippen LogP contribution < -0.4 is 14.5 Å². The van der Waals surface area contributed by atoms with E-state index in [1.165, 1.54) is 22.5 Å². The fourth-order valence-corrected chi connectivity index (χ4v) is 3.52. The highest BCUT2D eigenvalue weighted by Gasteiger charge is 2.23. The van der Waals surface area contributed by atoms with Gasteiger partial charge in [-0.25, -0.2) is 4.98 Å². The molecule has 0 unspecified atom stereocenters. The number of aromatic nitrogens is 1.